The van der Waals surface area contributed by atoms with E-state index in [9.17, 15) is 14.4 Å². The van der Waals surface area contributed by atoms with Crippen molar-refractivity contribution in [1.29, 1.82) is 0 Å². The third-order valence-electron chi connectivity index (χ3n) is 3.63. The summed E-state index contributed by atoms with van der Waals surface area (Å²) < 4.78 is 15.4. The van der Waals surface area contributed by atoms with Crippen LogP contribution in [0.1, 0.15) is 44.9 Å². The Hall–Kier alpha value is -3.15. The third kappa shape index (κ3) is 4.27. The molecule has 0 saturated heterocycles. The molecule has 6 nitrogen and oxygen atoms in total. The minimum atomic E-state index is -0.551. The number of methoxy groups -OCH3 is 1. The van der Waals surface area contributed by atoms with Gasteiger partial charge in [0.15, 0.2) is 0 Å². The average Bonchev–Trinajstić information content (AvgIpc) is 2.67. The lowest BCUT2D eigenvalue weighted by molar-refractivity contribution is 0.0525. The van der Waals surface area contributed by atoms with Gasteiger partial charge < -0.3 is 14.2 Å². The lowest BCUT2D eigenvalue weighted by Crippen LogP contribution is -2.10. The summed E-state index contributed by atoms with van der Waals surface area (Å²) in [6.45, 7) is 3.82. The summed E-state index contributed by atoms with van der Waals surface area (Å²) in [5, 5.41) is 0. The van der Waals surface area contributed by atoms with E-state index in [-0.39, 0.29) is 24.3 Å². The van der Waals surface area contributed by atoms with Crippen molar-refractivity contribution in [2.75, 3.05) is 20.3 Å². The molecule has 0 N–H and O–H groups in total. The number of carbonyl (C=O) groups excluding carboxylic acids is 3. The standard InChI is InChI=1S/C20H20O6/c1-4-25-19(22)15-9-14(10-16(11-15)20(23)26-5-2)17-8-13(12-21)6-7-18(17)24-3/h6-12H,4-5H2,1-3H3. The van der Waals surface area contributed by atoms with Crippen LogP contribution in [0.2, 0.25) is 0 Å². The average molecular weight is 356 g/mol. The van der Waals surface area contributed by atoms with E-state index < -0.39 is 11.9 Å². The third-order valence-corrected chi connectivity index (χ3v) is 3.63. The number of aldehydes is 1. The fourth-order valence-corrected chi connectivity index (χ4v) is 2.47. The number of esters is 2. The van der Waals surface area contributed by atoms with Crippen molar-refractivity contribution < 1.29 is 28.6 Å². The topological polar surface area (TPSA) is 78.9 Å². The van der Waals surface area contributed by atoms with Crippen molar-refractivity contribution in [1.82, 2.24) is 0 Å². The Morgan fingerprint density at radius 1 is 0.923 bits per heavy atom. The maximum absolute atomic E-state index is 12.2. The summed E-state index contributed by atoms with van der Waals surface area (Å²) in [4.78, 5) is 35.5. The van der Waals surface area contributed by atoms with E-state index >= 15 is 0 Å². The lowest BCUT2D eigenvalue weighted by Gasteiger charge is -2.13. The molecule has 0 atom stereocenters. The summed E-state index contributed by atoms with van der Waals surface area (Å²) in [7, 11) is 1.50. The molecule has 0 radical (unpaired) electrons. The predicted octanol–water partition coefficient (Wildman–Crippen LogP) is 3.53. The molecular weight excluding hydrogens is 336 g/mol. The molecule has 0 saturated carbocycles. The Balaban J connectivity index is 2.65. The monoisotopic (exact) mass is 356 g/mol. The maximum atomic E-state index is 12.2. The van der Waals surface area contributed by atoms with Gasteiger partial charge in [0.05, 0.1) is 31.5 Å². The zero-order valence-corrected chi connectivity index (χ0v) is 14.9. The molecule has 0 bridgehead atoms. The van der Waals surface area contributed by atoms with E-state index in [1.807, 2.05) is 0 Å². The Morgan fingerprint density at radius 3 is 1.96 bits per heavy atom. The molecule has 6 heteroatoms. The second-order valence-electron chi connectivity index (χ2n) is 5.32. The number of hydrogen-bond donors (Lipinski definition) is 0. The molecular formula is C20H20O6. The molecule has 0 unspecified atom stereocenters. The lowest BCUT2D eigenvalue weighted by atomic mass is 9.97. The molecule has 0 amide bonds. The first-order valence-corrected chi connectivity index (χ1v) is 8.16. The van der Waals surface area contributed by atoms with Crippen LogP contribution in [-0.4, -0.2) is 38.5 Å². The molecule has 0 aromatic heterocycles. The van der Waals surface area contributed by atoms with Crippen LogP contribution in [0.4, 0.5) is 0 Å². The van der Waals surface area contributed by atoms with Gasteiger partial charge in [-0.25, -0.2) is 9.59 Å². The van der Waals surface area contributed by atoms with Crippen LogP contribution in [0.5, 0.6) is 5.75 Å². The second kappa shape index (κ2) is 8.80. The number of rotatable bonds is 7. The molecule has 0 aliphatic rings. The largest absolute Gasteiger partial charge is 0.496 e. The van der Waals surface area contributed by atoms with Crippen LogP contribution in [0.3, 0.4) is 0 Å². The fraction of sp³-hybridized carbons (Fsp3) is 0.250. The van der Waals surface area contributed by atoms with Crippen molar-refractivity contribution in [3.8, 4) is 16.9 Å². The maximum Gasteiger partial charge on any atom is 0.338 e. The Labute approximate surface area is 151 Å². The van der Waals surface area contributed by atoms with E-state index in [0.29, 0.717) is 28.7 Å². The van der Waals surface area contributed by atoms with Gasteiger partial charge in [-0.3, -0.25) is 4.79 Å². The Kier molecular flexibility index (Phi) is 6.49. The molecule has 0 aliphatic carbocycles. The highest BCUT2D eigenvalue weighted by atomic mass is 16.5. The predicted molar refractivity (Wildman–Crippen MR) is 95.7 cm³/mol. The highest BCUT2D eigenvalue weighted by Gasteiger charge is 2.17. The molecule has 2 rings (SSSR count). The van der Waals surface area contributed by atoms with Crippen molar-refractivity contribution in [2.24, 2.45) is 0 Å². The van der Waals surface area contributed by atoms with E-state index in [1.54, 1.807) is 44.2 Å². The smallest absolute Gasteiger partial charge is 0.338 e. The van der Waals surface area contributed by atoms with Crippen molar-refractivity contribution in [3.63, 3.8) is 0 Å². The zero-order chi connectivity index (χ0) is 19.1. The van der Waals surface area contributed by atoms with Crippen LogP contribution in [-0.2, 0) is 9.47 Å². The first kappa shape index (κ1) is 19.2. The van der Waals surface area contributed by atoms with Crippen molar-refractivity contribution in [3.05, 3.63) is 53.1 Å². The first-order valence-electron chi connectivity index (χ1n) is 8.16. The van der Waals surface area contributed by atoms with Gasteiger partial charge in [0.1, 0.15) is 12.0 Å². The molecule has 0 spiro atoms. The quantitative estimate of drug-likeness (QED) is 0.558. The van der Waals surface area contributed by atoms with Gasteiger partial charge in [-0.1, -0.05) is 0 Å². The summed E-state index contributed by atoms with van der Waals surface area (Å²) in [6, 6.07) is 9.51. The van der Waals surface area contributed by atoms with Crippen molar-refractivity contribution in [2.45, 2.75) is 13.8 Å². The fourth-order valence-electron chi connectivity index (χ4n) is 2.47. The number of hydrogen-bond acceptors (Lipinski definition) is 6. The molecule has 136 valence electrons. The Morgan fingerprint density at radius 2 is 1.50 bits per heavy atom. The second-order valence-corrected chi connectivity index (χ2v) is 5.32. The minimum Gasteiger partial charge on any atom is -0.496 e. The SMILES string of the molecule is CCOC(=O)c1cc(C(=O)OCC)cc(-c2cc(C=O)ccc2OC)c1. The molecule has 26 heavy (non-hydrogen) atoms. The van der Waals surface area contributed by atoms with Gasteiger partial charge in [0.25, 0.3) is 0 Å². The number of carbonyl (C=O) groups is 3. The van der Waals surface area contributed by atoms with Crippen LogP contribution in [0, 0.1) is 0 Å². The summed E-state index contributed by atoms with van der Waals surface area (Å²) in [6.07, 6.45) is 0.713. The highest BCUT2D eigenvalue weighted by Crippen LogP contribution is 2.32. The van der Waals surface area contributed by atoms with E-state index in [0.717, 1.165) is 0 Å². The molecule has 2 aromatic rings. The van der Waals surface area contributed by atoms with Crippen LogP contribution >= 0.6 is 0 Å². The normalized spacial score (nSPS) is 10.1. The number of ether oxygens (including phenoxy) is 3. The van der Waals surface area contributed by atoms with Crippen LogP contribution < -0.4 is 4.74 Å². The minimum absolute atomic E-state index is 0.210. The van der Waals surface area contributed by atoms with Crippen LogP contribution in [0.15, 0.2) is 36.4 Å². The van der Waals surface area contributed by atoms with Gasteiger partial charge in [0.2, 0.25) is 0 Å². The van der Waals surface area contributed by atoms with E-state index in [4.69, 9.17) is 14.2 Å². The highest BCUT2D eigenvalue weighted by molar-refractivity contribution is 5.98. The van der Waals surface area contributed by atoms with Gasteiger partial charge >= 0.3 is 11.9 Å². The molecule has 0 aliphatic heterocycles. The van der Waals surface area contributed by atoms with Gasteiger partial charge in [-0.05, 0) is 55.8 Å². The van der Waals surface area contributed by atoms with Gasteiger partial charge in [-0.15, -0.1) is 0 Å². The van der Waals surface area contributed by atoms with Gasteiger partial charge in [0, 0.05) is 11.1 Å². The van der Waals surface area contributed by atoms with Crippen LogP contribution in [0.25, 0.3) is 11.1 Å². The summed E-state index contributed by atoms with van der Waals surface area (Å²) in [5.41, 5.74) is 1.99. The van der Waals surface area contributed by atoms with Crippen molar-refractivity contribution >= 4 is 18.2 Å². The molecule has 2 aromatic carbocycles. The summed E-state index contributed by atoms with van der Waals surface area (Å²) in [5.74, 6) is -0.595. The van der Waals surface area contributed by atoms with E-state index in [2.05, 4.69) is 0 Å². The zero-order valence-electron chi connectivity index (χ0n) is 14.9. The summed E-state index contributed by atoms with van der Waals surface area (Å²) >= 11 is 0. The number of benzene rings is 2. The van der Waals surface area contributed by atoms with E-state index in [1.165, 1.54) is 13.2 Å². The molecule has 0 heterocycles. The first-order chi connectivity index (χ1) is 12.5. The Bertz CT molecular complexity index is 789. The van der Waals surface area contributed by atoms with Gasteiger partial charge in [-0.2, -0.15) is 0 Å². The molecule has 0 fully saturated rings.